The molecule has 0 aromatic heterocycles. The summed E-state index contributed by atoms with van der Waals surface area (Å²) in [7, 11) is 0. The molecule has 4 heteroatoms. The molecule has 149 valence electrons. The summed E-state index contributed by atoms with van der Waals surface area (Å²) in [6.45, 7) is 29.6. The van der Waals surface area contributed by atoms with E-state index in [1.807, 2.05) is 6.56 Å². The molecular formula is C22H39Br2SiZr. The minimum atomic E-state index is -1.86. The number of allylic oxidation sites excluding steroid dienone is 8. The first-order valence-corrected chi connectivity index (χ1v) is 19.0. The first kappa shape index (κ1) is 27.0. The second kappa shape index (κ2) is 8.80. The molecule has 0 bridgehead atoms. The molecule has 0 fully saturated rings. The van der Waals surface area contributed by atoms with E-state index in [0.29, 0.717) is 0 Å². The molecule has 0 atom stereocenters. The molecule has 0 saturated heterocycles. The molecule has 2 aliphatic carbocycles. The molecular weight excluding hydrogens is 543 g/mol. The van der Waals surface area contributed by atoms with Crippen LogP contribution in [0, 0.1) is 10.8 Å². The summed E-state index contributed by atoms with van der Waals surface area (Å²) in [4.78, 5) is 0. The molecule has 0 unspecified atom stereocenters. The zero-order valence-electron chi connectivity index (χ0n) is 18.9. The van der Waals surface area contributed by atoms with Gasteiger partial charge >= 0.3 is 160 Å². The summed E-state index contributed by atoms with van der Waals surface area (Å²) in [5, 5.41) is 0. The van der Waals surface area contributed by atoms with Gasteiger partial charge in [-0.2, -0.15) is 0 Å². The average Bonchev–Trinajstić information content (AvgIpc) is 2.71. The molecule has 26 heavy (non-hydrogen) atoms. The quantitative estimate of drug-likeness (QED) is 0.296. The summed E-state index contributed by atoms with van der Waals surface area (Å²) < 4.78 is 3.85. The monoisotopic (exact) mass is 579 g/mol. The van der Waals surface area contributed by atoms with Crippen LogP contribution in [0.2, 0.25) is 13.1 Å². The van der Waals surface area contributed by atoms with E-state index >= 15 is 0 Å². The molecule has 2 rings (SSSR count). The van der Waals surface area contributed by atoms with Crippen LogP contribution in [0.25, 0.3) is 0 Å². The standard InChI is InChI=1S/2C10H15.C2H7Si.2BrH.Zr/c2*1-7-6-10(4,5)9(3)8(7)2;1-3-2;;;/h2*1-5H3;3H,1-2H3;2*1H;. The summed E-state index contributed by atoms with van der Waals surface area (Å²) >= 11 is -1.86. The van der Waals surface area contributed by atoms with Crippen LogP contribution in [0.5, 0.6) is 0 Å². The summed E-state index contributed by atoms with van der Waals surface area (Å²) in [6.07, 6.45) is 0. The summed E-state index contributed by atoms with van der Waals surface area (Å²) in [5.41, 5.74) is 10.3. The van der Waals surface area contributed by atoms with Crippen LogP contribution in [0.3, 0.4) is 0 Å². The minimum absolute atomic E-state index is 0. The molecule has 0 nitrogen and oxygen atoms in total. The van der Waals surface area contributed by atoms with E-state index in [0.717, 1.165) is 0 Å². The molecule has 0 saturated carbocycles. The van der Waals surface area contributed by atoms with E-state index in [9.17, 15) is 0 Å². The number of hydrogen-bond acceptors (Lipinski definition) is 0. The summed E-state index contributed by atoms with van der Waals surface area (Å²) in [6, 6.07) is 0. The van der Waals surface area contributed by atoms with Gasteiger partial charge in [0.1, 0.15) is 0 Å². The Balaban J connectivity index is 0.00000312. The van der Waals surface area contributed by atoms with Crippen LogP contribution in [-0.4, -0.2) is 5.92 Å². The SMILES string of the molecule is Br.Br.CC1=C(C)C(C)(C)[C]([Zr]([C]2=C(C)C(C)=C(C)C2(C)C)[SiH](C)C)=C1C. The fourth-order valence-corrected chi connectivity index (χ4v) is 29.2. The van der Waals surface area contributed by atoms with Crippen LogP contribution in [0.1, 0.15) is 69.2 Å². The maximum absolute atomic E-state index is 2.63. The second-order valence-corrected chi connectivity index (χ2v) is 28.1. The number of halogens is 2. The molecule has 0 aromatic carbocycles. The van der Waals surface area contributed by atoms with Gasteiger partial charge in [0.25, 0.3) is 0 Å². The van der Waals surface area contributed by atoms with Gasteiger partial charge in [-0.1, -0.05) is 0 Å². The van der Waals surface area contributed by atoms with E-state index in [1.54, 1.807) is 33.4 Å². The Kier molecular flexibility index (Phi) is 9.15. The number of rotatable bonds is 3. The molecule has 2 aliphatic rings. The zero-order chi connectivity index (χ0) is 18.8. The van der Waals surface area contributed by atoms with E-state index in [4.69, 9.17) is 0 Å². The van der Waals surface area contributed by atoms with Gasteiger partial charge in [-0.15, -0.1) is 34.0 Å². The predicted molar refractivity (Wildman–Crippen MR) is 129 cm³/mol. The Labute approximate surface area is 192 Å². The predicted octanol–water partition coefficient (Wildman–Crippen LogP) is 8.04. The van der Waals surface area contributed by atoms with E-state index in [-0.39, 0.29) is 44.8 Å². The van der Waals surface area contributed by atoms with Gasteiger partial charge < -0.3 is 0 Å². The van der Waals surface area contributed by atoms with Crippen molar-refractivity contribution in [1.29, 1.82) is 0 Å². The molecule has 0 spiro atoms. The van der Waals surface area contributed by atoms with Gasteiger partial charge in [0.05, 0.1) is 0 Å². The van der Waals surface area contributed by atoms with E-state index in [1.165, 1.54) is 0 Å². The van der Waals surface area contributed by atoms with Crippen molar-refractivity contribution in [2.45, 2.75) is 82.3 Å². The van der Waals surface area contributed by atoms with E-state index < -0.39 is 26.8 Å². The zero-order valence-corrected chi connectivity index (χ0v) is 25.9. The van der Waals surface area contributed by atoms with Crippen molar-refractivity contribution >= 4 is 39.9 Å². The van der Waals surface area contributed by atoms with Crippen LogP contribution < -0.4 is 0 Å². The second-order valence-electron chi connectivity index (χ2n) is 9.32. The maximum atomic E-state index is 2.63. The van der Waals surface area contributed by atoms with Crippen LogP contribution in [-0.2, 0) is 20.9 Å². The van der Waals surface area contributed by atoms with Gasteiger partial charge in [0.2, 0.25) is 0 Å². The van der Waals surface area contributed by atoms with Crippen molar-refractivity contribution in [3.8, 4) is 0 Å². The third-order valence-corrected chi connectivity index (χ3v) is 27.9. The van der Waals surface area contributed by atoms with Crippen LogP contribution in [0.4, 0.5) is 0 Å². The Bertz CT molecular complexity index is 660. The average molecular weight is 583 g/mol. The number of hydrogen-bond donors (Lipinski definition) is 0. The van der Waals surface area contributed by atoms with Crippen molar-refractivity contribution in [3.63, 3.8) is 0 Å². The third-order valence-electron chi connectivity index (χ3n) is 7.24. The van der Waals surface area contributed by atoms with Gasteiger partial charge in [-0.3, -0.25) is 0 Å². The third kappa shape index (κ3) is 3.88. The fraction of sp³-hybridized carbons (Fsp3) is 0.636. The van der Waals surface area contributed by atoms with Crippen molar-refractivity contribution in [2.24, 2.45) is 10.8 Å². The van der Waals surface area contributed by atoms with Crippen LogP contribution >= 0.6 is 34.0 Å². The Hall–Kier alpha value is 1.02. The molecule has 0 radical (unpaired) electrons. The van der Waals surface area contributed by atoms with Gasteiger partial charge in [0, 0.05) is 0 Å². The van der Waals surface area contributed by atoms with Crippen molar-refractivity contribution in [2.75, 3.05) is 0 Å². The Morgan fingerprint density at radius 1 is 0.577 bits per heavy atom. The summed E-state index contributed by atoms with van der Waals surface area (Å²) in [5.74, 6) is -0.715. The van der Waals surface area contributed by atoms with Crippen molar-refractivity contribution < 1.29 is 20.9 Å². The van der Waals surface area contributed by atoms with E-state index in [2.05, 4.69) is 82.3 Å². The topological polar surface area (TPSA) is 0 Å². The van der Waals surface area contributed by atoms with Crippen molar-refractivity contribution in [1.82, 2.24) is 0 Å². The molecule has 0 heterocycles. The Morgan fingerprint density at radius 3 is 1.00 bits per heavy atom. The Morgan fingerprint density at radius 2 is 0.846 bits per heavy atom. The first-order valence-electron chi connectivity index (χ1n) is 9.44. The first-order chi connectivity index (χ1) is 10.8. The molecule has 0 aliphatic heterocycles. The molecule has 0 aromatic rings. The van der Waals surface area contributed by atoms with Crippen LogP contribution in [0.15, 0.2) is 40.0 Å². The molecule has 0 N–H and O–H groups in total. The van der Waals surface area contributed by atoms with Gasteiger partial charge in [-0.25, -0.2) is 0 Å². The van der Waals surface area contributed by atoms with Gasteiger partial charge in [-0.05, 0) is 0 Å². The normalized spacial score (nSPS) is 21.6. The van der Waals surface area contributed by atoms with Gasteiger partial charge in [0.15, 0.2) is 0 Å². The fourth-order valence-electron chi connectivity index (χ4n) is 4.97. The van der Waals surface area contributed by atoms with Crippen molar-refractivity contribution in [3.05, 3.63) is 40.0 Å². The molecule has 0 amide bonds.